The van der Waals surface area contributed by atoms with E-state index < -0.39 is 6.61 Å². The second-order valence-corrected chi connectivity index (χ2v) is 9.86. The number of fused-ring (bicyclic) bond motifs is 2. The number of amides is 1. The van der Waals surface area contributed by atoms with Gasteiger partial charge in [-0.05, 0) is 56.7 Å². The van der Waals surface area contributed by atoms with Gasteiger partial charge in [-0.2, -0.15) is 8.78 Å². The molecule has 0 unspecified atom stereocenters. The average Bonchev–Trinajstić information content (AvgIpc) is 3.11. The van der Waals surface area contributed by atoms with Crippen LogP contribution in [0.5, 0.6) is 5.75 Å². The number of nitrogens with zero attached hydrogens (tertiary/aromatic N) is 4. The maximum atomic E-state index is 13.5. The smallest absolute Gasteiger partial charge is 0.387 e. The van der Waals surface area contributed by atoms with E-state index in [0.717, 1.165) is 34.4 Å². The van der Waals surface area contributed by atoms with Gasteiger partial charge in [0.15, 0.2) is 0 Å². The molecule has 33 heavy (non-hydrogen) atoms. The number of carbonyl (C=O) groups excluding carboxylic acids is 1. The van der Waals surface area contributed by atoms with Gasteiger partial charge in [0.1, 0.15) is 22.7 Å². The van der Waals surface area contributed by atoms with Gasteiger partial charge in [0, 0.05) is 30.4 Å². The number of thiophene rings is 1. The zero-order chi connectivity index (χ0) is 23.1. The van der Waals surface area contributed by atoms with E-state index >= 15 is 0 Å². The molecule has 6 nitrogen and oxygen atoms in total. The molecule has 2 aliphatic heterocycles. The predicted octanol–water partition coefficient (Wildman–Crippen LogP) is 5.11. The monoisotopic (exact) mass is 472 g/mol. The lowest BCUT2D eigenvalue weighted by Gasteiger charge is -2.37. The van der Waals surface area contributed by atoms with E-state index in [1.807, 2.05) is 6.07 Å². The van der Waals surface area contributed by atoms with Crippen LogP contribution in [0.1, 0.15) is 35.3 Å². The Balaban J connectivity index is 1.35. The molecule has 0 atom stereocenters. The number of piperidine rings is 1. The van der Waals surface area contributed by atoms with Crippen LogP contribution in [0.2, 0.25) is 0 Å². The highest BCUT2D eigenvalue weighted by molar-refractivity contribution is 7.18. The fourth-order valence-corrected chi connectivity index (χ4v) is 5.98. The summed E-state index contributed by atoms with van der Waals surface area (Å²) in [5.74, 6) is 0.856. The molecule has 3 aromatic rings. The first-order valence-electron chi connectivity index (χ1n) is 11.3. The third-order valence-electron chi connectivity index (χ3n) is 6.75. The zero-order valence-electron chi connectivity index (χ0n) is 18.7. The van der Waals surface area contributed by atoms with E-state index in [2.05, 4.69) is 28.7 Å². The topological polar surface area (TPSA) is 58.6 Å². The lowest BCUT2D eigenvalue weighted by atomic mass is 9.92. The molecule has 0 bridgehead atoms. The van der Waals surface area contributed by atoms with Crippen LogP contribution >= 0.6 is 11.3 Å². The van der Waals surface area contributed by atoms with Crippen LogP contribution in [0.3, 0.4) is 0 Å². The largest absolute Gasteiger partial charge is 0.433 e. The van der Waals surface area contributed by atoms with Crippen LogP contribution in [0.25, 0.3) is 10.2 Å². The van der Waals surface area contributed by atoms with Gasteiger partial charge < -0.3 is 14.5 Å². The van der Waals surface area contributed by atoms with E-state index in [0.29, 0.717) is 38.2 Å². The number of aromatic nitrogens is 2. The van der Waals surface area contributed by atoms with Gasteiger partial charge in [-0.3, -0.25) is 4.79 Å². The van der Waals surface area contributed by atoms with E-state index in [1.165, 1.54) is 16.5 Å². The van der Waals surface area contributed by atoms with Gasteiger partial charge in [0.2, 0.25) is 5.91 Å². The van der Waals surface area contributed by atoms with E-state index in [1.54, 1.807) is 28.6 Å². The van der Waals surface area contributed by atoms with Crippen molar-refractivity contribution in [1.82, 2.24) is 9.97 Å². The highest BCUT2D eigenvalue weighted by Crippen LogP contribution is 2.40. The van der Waals surface area contributed by atoms with Crippen molar-refractivity contribution >= 4 is 39.0 Å². The van der Waals surface area contributed by atoms with Crippen LogP contribution in [-0.2, 0) is 11.2 Å². The number of carbonyl (C=O) groups is 1. The van der Waals surface area contributed by atoms with Crippen molar-refractivity contribution in [2.24, 2.45) is 5.92 Å². The highest BCUT2D eigenvalue weighted by atomic mass is 32.1. The van der Waals surface area contributed by atoms with Crippen molar-refractivity contribution in [3.63, 3.8) is 0 Å². The average molecular weight is 473 g/mol. The molecule has 2 aromatic heterocycles. The Morgan fingerprint density at radius 3 is 2.73 bits per heavy atom. The van der Waals surface area contributed by atoms with Crippen molar-refractivity contribution in [3.05, 3.63) is 40.5 Å². The molecular weight excluding hydrogens is 446 g/mol. The first-order valence-corrected chi connectivity index (χ1v) is 12.1. The van der Waals surface area contributed by atoms with Gasteiger partial charge >= 0.3 is 6.61 Å². The second kappa shape index (κ2) is 8.85. The molecule has 0 N–H and O–H groups in total. The van der Waals surface area contributed by atoms with Crippen molar-refractivity contribution in [2.45, 2.75) is 46.1 Å². The number of halogens is 2. The SMILES string of the molecule is Cc1sc2ncnc(N3CCC(C(=O)N4CCCc5cccc(OC(F)F)c54)CC3)c2c1C. The summed E-state index contributed by atoms with van der Waals surface area (Å²) in [6.07, 6.45) is 4.55. The number of aryl methyl sites for hydroxylation is 3. The molecule has 2 aliphatic rings. The fraction of sp³-hybridized carbons (Fsp3) is 0.458. The molecule has 1 saturated heterocycles. The minimum atomic E-state index is -2.92. The van der Waals surface area contributed by atoms with Crippen molar-refractivity contribution < 1.29 is 18.3 Å². The van der Waals surface area contributed by atoms with Crippen LogP contribution in [0.4, 0.5) is 20.3 Å². The number of hydrogen-bond donors (Lipinski definition) is 0. The summed E-state index contributed by atoms with van der Waals surface area (Å²) in [5, 5.41) is 1.10. The molecule has 0 spiro atoms. The standard InChI is InChI=1S/C24H26F2N4O2S/c1-14-15(2)33-22-19(14)21(27-13-28-22)29-11-8-17(9-12-29)23(31)30-10-4-6-16-5-3-7-18(20(16)30)32-24(25)26/h3,5,7,13,17,24H,4,6,8-12H2,1-2H3. The van der Waals surface area contributed by atoms with Gasteiger partial charge in [-0.1, -0.05) is 12.1 Å². The molecule has 0 saturated carbocycles. The number of para-hydroxylation sites is 1. The Morgan fingerprint density at radius 2 is 1.97 bits per heavy atom. The molecule has 1 fully saturated rings. The van der Waals surface area contributed by atoms with Gasteiger partial charge in [0.05, 0.1) is 11.1 Å². The summed E-state index contributed by atoms with van der Waals surface area (Å²) in [7, 11) is 0. The maximum absolute atomic E-state index is 13.5. The summed E-state index contributed by atoms with van der Waals surface area (Å²) in [6.45, 7) is 3.23. The van der Waals surface area contributed by atoms with Gasteiger partial charge in [0.25, 0.3) is 0 Å². The molecule has 0 aliphatic carbocycles. The van der Waals surface area contributed by atoms with Gasteiger partial charge in [-0.15, -0.1) is 11.3 Å². The quantitative estimate of drug-likeness (QED) is 0.529. The maximum Gasteiger partial charge on any atom is 0.387 e. The minimum absolute atomic E-state index is 0.00342. The number of benzene rings is 1. The van der Waals surface area contributed by atoms with E-state index in [9.17, 15) is 13.6 Å². The molecule has 0 radical (unpaired) electrons. The summed E-state index contributed by atoms with van der Waals surface area (Å²) < 4.78 is 30.7. The number of alkyl halides is 2. The van der Waals surface area contributed by atoms with E-state index in [-0.39, 0.29) is 17.6 Å². The number of hydrogen-bond acceptors (Lipinski definition) is 6. The Labute approximate surface area is 195 Å². The highest BCUT2D eigenvalue weighted by Gasteiger charge is 2.34. The number of anilines is 2. The first-order chi connectivity index (χ1) is 15.9. The molecule has 1 amide bonds. The number of ether oxygens (including phenoxy) is 1. The Hall–Kier alpha value is -2.81. The third-order valence-corrected chi connectivity index (χ3v) is 7.87. The third kappa shape index (κ3) is 4.03. The molecule has 9 heteroatoms. The summed E-state index contributed by atoms with van der Waals surface area (Å²) in [4.78, 5) is 28.6. The predicted molar refractivity (Wildman–Crippen MR) is 126 cm³/mol. The lowest BCUT2D eigenvalue weighted by Crippen LogP contribution is -2.44. The van der Waals surface area contributed by atoms with Crippen molar-refractivity contribution in [2.75, 3.05) is 29.4 Å². The van der Waals surface area contributed by atoms with Crippen LogP contribution in [0, 0.1) is 19.8 Å². The normalized spacial score (nSPS) is 17.0. The van der Waals surface area contributed by atoms with Crippen molar-refractivity contribution in [1.29, 1.82) is 0 Å². The molecule has 5 rings (SSSR count). The molecule has 1 aromatic carbocycles. The lowest BCUT2D eigenvalue weighted by molar-refractivity contribution is -0.123. The number of rotatable bonds is 4. The van der Waals surface area contributed by atoms with Crippen LogP contribution < -0.4 is 14.5 Å². The second-order valence-electron chi connectivity index (χ2n) is 8.66. The molecule has 174 valence electrons. The Kier molecular flexibility index (Phi) is 5.90. The fourth-order valence-electron chi connectivity index (χ4n) is 4.99. The Morgan fingerprint density at radius 1 is 1.18 bits per heavy atom. The molecule has 4 heterocycles. The summed E-state index contributed by atoms with van der Waals surface area (Å²) >= 11 is 1.68. The van der Waals surface area contributed by atoms with Crippen LogP contribution in [-0.4, -0.2) is 42.1 Å². The summed E-state index contributed by atoms with van der Waals surface area (Å²) in [6, 6.07) is 5.12. The van der Waals surface area contributed by atoms with E-state index in [4.69, 9.17) is 4.74 Å². The summed E-state index contributed by atoms with van der Waals surface area (Å²) in [5.41, 5.74) is 2.61. The van der Waals surface area contributed by atoms with Crippen molar-refractivity contribution in [3.8, 4) is 5.75 Å². The molecular formula is C24H26F2N4O2S. The van der Waals surface area contributed by atoms with Gasteiger partial charge in [-0.25, -0.2) is 9.97 Å². The van der Waals surface area contributed by atoms with Crippen LogP contribution in [0.15, 0.2) is 24.5 Å². The zero-order valence-corrected chi connectivity index (χ0v) is 19.5. The minimum Gasteiger partial charge on any atom is -0.433 e. The first kappa shape index (κ1) is 22.0. The Bertz CT molecular complexity index is 1190.